The van der Waals surface area contributed by atoms with Crippen LogP contribution >= 0.6 is 0 Å². The standard InChI is InChI=1S/C33H36N6O4/c1-2-24-8-10-25(11-9-24)16-18-36-22-30-38(29(32(36)42)20-26-12-14-28(40)15-13-26)31(41)23-37(19-17-34)39(30)33(43)35-21-27-6-4-3-5-7-27/h3-15,29-30,40H,2,16,18-23H2,1H3,(H,35,43)/t29?,30-/m0/s1. The van der Waals surface area contributed by atoms with Crippen molar-refractivity contribution in [1.82, 2.24) is 25.1 Å². The molecular formula is C33H36N6O4. The Morgan fingerprint density at radius 2 is 1.63 bits per heavy atom. The molecule has 2 fully saturated rings. The Kier molecular flexibility index (Phi) is 9.23. The number of phenols is 1. The smallest absolute Gasteiger partial charge is 0.334 e. The van der Waals surface area contributed by atoms with Gasteiger partial charge in [-0.3, -0.25) is 9.59 Å². The van der Waals surface area contributed by atoms with Crippen LogP contribution in [-0.4, -0.2) is 81.2 Å². The number of aromatic hydroxyl groups is 1. The molecule has 10 heteroatoms. The lowest BCUT2D eigenvalue weighted by Gasteiger charge is -2.54. The number of urea groups is 1. The Bertz CT molecular complexity index is 1470. The lowest BCUT2D eigenvalue weighted by Crippen LogP contribution is -2.76. The van der Waals surface area contributed by atoms with Gasteiger partial charge >= 0.3 is 6.03 Å². The quantitative estimate of drug-likeness (QED) is 0.376. The third kappa shape index (κ3) is 6.79. The number of phenolic OH excluding ortho intramolecular Hbond substituents is 1. The Balaban J connectivity index is 1.45. The number of fused-ring (bicyclic) bond motifs is 1. The van der Waals surface area contributed by atoms with Crippen LogP contribution in [0.5, 0.6) is 5.75 Å². The van der Waals surface area contributed by atoms with Crippen molar-refractivity contribution in [2.45, 2.75) is 44.9 Å². The normalized spacial score (nSPS) is 18.7. The molecule has 2 N–H and O–H groups in total. The topological polar surface area (TPSA) is 120 Å². The summed E-state index contributed by atoms with van der Waals surface area (Å²) in [7, 11) is 0. The van der Waals surface area contributed by atoms with E-state index in [0.29, 0.717) is 13.0 Å². The van der Waals surface area contributed by atoms with Gasteiger partial charge in [0.2, 0.25) is 11.8 Å². The minimum absolute atomic E-state index is 0.106. The second kappa shape index (κ2) is 13.4. The van der Waals surface area contributed by atoms with E-state index in [9.17, 15) is 24.8 Å². The minimum Gasteiger partial charge on any atom is -0.508 e. The van der Waals surface area contributed by atoms with Crippen molar-refractivity contribution in [2.24, 2.45) is 0 Å². The summed E-state index contributed by atoms with van der Waals surface area (Å²) in [6, 6.07) is 25.1. The van der Waals surface area contributed by atoms with E-state index in [1.165, 1.54) is 20.5 Å². The van der Waals surface area contributed by atoms with Crippen LogP contribution in [0.3, 0.4) is 0 Å². The molecule has 2 saturated heterocycles. The van der Waals surface area contributed by atoms with E-state index in [0.717, 1.165) is 23.1 Å². The number of hydrogen-bond acceptors (Lipinski definition) is 6. The van der Waals surface area contributed by atoms with Crippen molar-refractivity contribution in [1.29, 1.82) is 5.26 Å². The fraction of sp³-hybridized carbons (Fsp3) is 0.333. The van der Waals surface area contributed by atoms with Gasteiger partial charge in [0, 0.05) is 19.5 Å². The van der Waals surface area contributed by atoms with Crippen LogP contribution in [0.25, 0.3) is 0 Å². The van der Waals surface area contributed by atoms with Gasteiger partial charge in [-0.1, -0.05) is 73.7 Å². The molecule has 222 valence electrons. The van der Waals surface area contributed by atoms with Crippen molar-refractivity contribution in [2.75, 3.05) is 26.2 Å². The lowest BCUT2D eigenvalue weighted by molar-refractivity contribution is -0.188. The molecule has 0 aliphatic carbocycles. The van der Waals surface area contributed by atoms with Crippen molar-refractivity contribution in [3.05, 3.63) is 101 Å². The van der Waals surface area contributed by atoms with Crippen LogP contribution in [-0.2, 0) is 35.4 Å². The number of aryl methyl sites for hydroxylation is 1. The molecule has 2 heterocycles. The molecule has 5 rings (SSSR count). The minimum atomic E-state index is -0.855. The van der Waals surface area contributed by atoms with E-state index in [-0.39, 0.29) is 50.2 Å². The monoisotopic (exact) mass is 580 g/mol. The predicted octanol–water partition coefficient (Wildman–Crippen LogP) is 3.07. The second-order valence-corrected chi connectivity index (χ2v) is 10.8. The molecule has 0 radical (unpaired) electrons. The molecule has 2 aliphatic rings. The highest BCUT2D eigenvalue weighted by Gasteiger charge is 2.51. The molecule has 2 aliphatic heterocycles. The lowest BCUT2D eigenvalue weighted by atomic mass is 9.98. The van der Waals surface area contributed by atoms with Gasteiger partial charge in [-0.2, -0.15) is 10.3 Å². The SMILES string of the molecule is CCc1ccc(CCN2C[C@H]3N(C(=O)CN(CC#N)N3C(=O)NCc3ccccc3)C(Cc3ccc(O)cc3)C2=O)cc1. The second-order valence-electron chi connectivity index (χ2n) is 10.8. The fourth-order valence-electron chi connectivity index (χ4n) is 5.73. The van der Waals surface area contributed by atoms with Gasteiger partial charge in [0.1, 0.15) is 24.5 Å². The maximum atomic E-state index is 14.0. The average molecular weight is 581 g/mol. The summed E-state index contributed by atoms with van der Waals surface area (Å²) < 4.78 is 0. The van der Waals surface area contributed by atoms with Gasteiger partial charge in [0.05, 0.1) is 19.2 Å². The Morgan fingerprint density at radius 3 is 2.30 bits per heavy atom. The highest BCUT2D eigenvalue weighted by molar-refractivity contribution is 5.91. The van der Waals surface area contributed by atoms with E-state index in [1.54, 1.807) is 29.2 Å². The summed E-state index contributed by atoms with van der Waals surface area (Å²) in [6.07, 6.45) is 0.981. The number of hydrogen-bond donors (Lipinski definition) is 2. The molecule has 0 spiro atoms. The van der Waals surface area contributed by atoms with Gasteiger partial charge < -0.3 is 20.2 Å². The Hall–Kier alpha value is -4.88. The number of nitrogens with one attached hydrogen (secondary N) is 1. The largest absolute Gasteiger partial charge is 0.508 e. The Morgan fingerprint density at radius 1 is 0.953 bits per heavy atom. The third-order valence-corrected chi connectivity index (χ3v) is 8.04. The van der Waals surface area contributed by atoms with Crippen LogP contribution in [0.4, 0.5) is 4.79 Å². The number of rotatable bonds is 9. The van der Waals surface area contributed by atoms with Crippen molar-refractivity contribution >= 4 is 17.8 Å². The molecule has 10 nitrogen and oxygen atoms in total. The first kappa shape index (κ1) is 29.6. The molecular weight excluding hydrogens is 544 g/mol. The number of nitriles is 1. The molecule has 3 aromatic carbocycles. The molecule has 0 aromatic heterocycles. The van der Waals surface area contributed by atoms with E-state index >= 15 is 0 Å². The zero-order chi connectivity index (χ0) is 30.3. The molecule has 4 amide bonds. The number of amides is 4. The molecule has 0 saturated carbocycles. The molecule has 0 bridgehead atoms. The van der Waals surface area contributed by atoms with Gasteiger partial charge in [-0.05, 0) is 47.2 Å². The number of nitrogens with zero attached hydrogens (tertiary/aromatic N) is 5. The van der Waals surface area contributed by atoms with Crippen LogP contribution in [0, 0.1) is 11.3 Å². The highest BCUT2D eigenvalue weighted by atomic mass is 16.3. The average Bonchev–Trinajstić information content (AvgIpc) is 3.02. The predicted molar refractivity (Wildman–Crippen MR) is 160 cm³/mol. The number of hydrazine groups is 1. The molecule has 2 atom stereocenters. The first-order valence-electron chi connectivity index (χ1n) is 14.6. The summed E-state index contributed by atoms with van der Waals surface area (Å²) in [5.41, 5.74) is 4.01. The van der Waals surface area contributed by atoms with Crippen LogP contribution in [0.15, 0.2) is 78.9 Å². The van der Waals surface area contributed by atoms with Crippen molar-refractivity contribution in [3.63, 3.8) is 0 Å². The van der Waals surface area contributed by atoms with Gasteiger partial charge in [0.15, 0.2) is 0 Å². The highest BCUT2D eigenvalue weighted by Crippen LogP contribution is 2.29. The molecule has 43 heavy (non-hydrogen) atoms. The van der Waals surface area contributed by atoms with Gasteiger partial charge in [-0.25, -0.2) is 9.80 Å². The van der Waals surface area contributed by atoms with E-state index in [4.69, 9.17) is 0 Å². The van der Waals surface area contributed by atoms with E-state index in [1.807, 2.05) is 30.3 Å². The first-order valence-corrected chi connectivity index (χ1v) is 14.6. The summed E-state index contributed by atoms with van der Waals surface area (Å²) in [5, 5.41) is 25.2. The van der Waals surface area contributed by atoms with E-state index < -0.39 is 18.2 Å². The summed E-state index contributed by atoms with van der Waals surface area (Å²) >= 11 is 0. The maximum absolute atomic E-state index is 14.0. The number of benzene rings is 3. The third-order valence-electron chi connectivity index (χ3n) is 8.04. The van der Waals surface area contributed by atoms with Crippen LogP contribution < -0.4 is 5.32 Å². The number of carbonyl (C=O) groups is 3. The van der Waals surface area contributed by atoms with Crippen molar-refractivity contribution < 1.29 is 19.5 Å². The number of piperazine rings is 1. The van der Waals surface area contributed by atoms with E-state index in [2.05, 4.69) is 42.6 Å². The van der Waals surface area contributed by atoms with Gasteiger partial charge in [0.25, 0.3) is 0 Å². The molecule has 3 aromatic rings. The van der Waals surface area contributed by atoms with Crippen LogP contribution in [0.1, 0.15) is 29.2 Å². The number of carbonyl (C=O) groups excluding carboxylic acids is 3. The zero-order valence-corrected chi connectivity index (χ0v) is 24.2. The first-order chi connectivity index (χ1) is 20.9. The summed E-state index contributed by atoms with van der Waals surface area (Å²) in [6.45, 7) is 2.53. The zero-order valence-electron chi connectivity index (χ0n) is 24.2. The summed E-state index contributed by atoms with van der Waals surface area (Å²) in [5.74, 6) is -0.407. The summed E-state index contributed by atoms with van der Waals surface area (Å²) in [4.78, 5) is 44.6. The maximum Gasteiger partial charge on any atom is 0.334 e. The van der Waals surface area contributed by atoms with Crippen LogP contribution in [0.2, 0.25) is 0 Å². The van der Waals surface area contributed by atoms with Gasteiger partial charge in [-0.15, -0.1) is 0 Å². The van der Waals surface area contributed by atoms with Crippen molar-refractivity contribution in [3.8, 4) is 11.8 Å². The molecule has 1 unspecified atom stereocenters. The fourth-order valence-corrected chi connectivity index (χ4v) is 5.73. The Labute approximate surface area is 251 Å².